The number of hydrogen-bond acceptors (Lipinski definition) is 3. The van der Waals surface area contributed by atoms with Crippen molar-refractivity contribution < 1.29 is 13.2 Å². The second kappa shape index (κ2) is 2.97. The molecule has 1 heterocycles. The third kappa shape index (κ3) is 1.70. The van der Waals surface area contributed by atoms with Crippen molar-refractivity contribution in [2.45, 2.75) is 25.0 Å². The van der Waals surface area contributed by atoms with Crippen LogP contribution in [0.25, 0.3) is 0 Å². The van der Waals surface area contributed by atoms with Gasteiger partial charge in [-0.1, -0.05) is 0 Å². The molecular weight excluding hydrogens is 190 g/mol. The van der Waals surface area contributed by atoms with Gasteiger partial charge < -0.3 is 4.90 Å². The van der Waals surface area contributed by atoms with E-state index in [2.05, 4.69) is 0 Å². The summed E-state index contributed by atoms with van der Waals surface area (Å²) in [7, 11) is -3.31. The molecule has 5 heteroatoms. The minimum absolute atomic E-state index is 0.277. The van der Waals surface area contributed by atoms with Gasteiger partial charge >= 0.3 is 0 Å². The van der Waals surface area contributed by atoms with Gasteiger partial charge in [0.15, 0.2) is 9.84 Å². The lowest BCUT2D eigenvalue weighted by Gasteiger charge is -2.36. The second-order valence-electron chi connectivity index (χ2n) is 3.93. The van der Waals surface area contributed by atoms with Crippen molar-refractivity contribution in [2.75, 3.05) is 19.3 Å². The smallest absolute Gasteiger partial charge is 0.243 e. The number of likely N-dealkylation sites (tertiary alicyclic amines) is 1. The summed E-state index contributed by atoms with van der Waals surface area (Å²) in [6.45, 7) is 4.31. The Morgan fingerprint density at radius 2 is 1.77 bits per heavy atom. The van der Waals surface area contributed by atoms with Crippen molar-refractivity contribution >= 4 is 15.7 Å². The molecule has 0 N–H and O–H groups in total. The Labute approximate surface area is 78.8 Å². The SMILES string of the molecule is CC(C)(C(=O)N1CCC1)S(C)(=O)=O. The first-order valence-corrected chi connectivity index (χ1v) is 6.15. The highest BCUT2D eigenvalue weighted by molar-refractivity contribution is 7.92. The largest absolute Gasteiger partial charge is 0.341 e. The van der Waals surface area contributed by atoms with Crippen LogP contribution in [-0.4, -0.2) is 43.3 Å². The number of rotatable bonds is 2. The maximum absolute atomic E-state index is 11.6. The molecule has 0 aromatic carbocycles. The predicted molar refractivity (Wildman–Crippen MR) is 50.1 cm³/mol. The Morgan fingerprint density at radius 3 is 2.00 bits per heavy atom. The van der Waals surface area contributed by atoms with E-state index in [1.807, 2.05) is 0 Å². The zero-order valence-corrected chi connectivity index (χ0v) is 9.02. The molecule has 0 unspecified atom stereocenters. The number of sulfone groups is 1. The molecule has 0 saturated carbocycles. The van der Waals surface area contributed by atoms with E-state index in [1.165, 1.54) is 13.8 Å². The fourth-order valence-electron chi connectivity index (χ4n) is 1.06. The summed E-state index contributed by atoms with van der Waals surface area (Å²) in [6.07, 6.45) is 2.08. The Kier molecular flexibility index (Phi) is 2.40. The van der Waals surface area contributed by atoms with E-state index in [-0.39, 0.29) is 5.91 Å². The van der Waals surface area contributed by atoms with Gasteiger partial charge in [0.2, 0.25) is 5.91 Å². The van der Waals surface area contributed by atoms with Crippen molar-refractivity contribution in [3.63, 3.8) is 0 Å². The first kappa shape index (κ1) is 10.5. The summed E-state index contributed by atoms with van der Waals surface area (Å²) in [5.74, 6) is -0.277. The number of nitrogens with zero attached hydrogens (tertiary/aromatic N) is 1. The molecule has 0 radical (unpaired) electrons. The van der Waals surface area contributed by atoms with E-state index >= 15 is 0 Å². The number of hydrogen-bond donors (Lipinski definition) is 0. The summed E-state index contributed by atoms with van der Waals surface area (Å²) in [5, 5.41) is 0. The van der Waals surface area contributed by atoms with Crippen LogP contribution >= 0.6 is 0 Å². The molecule has 1 aliphatic rings. The molecule has 0 aromatic heterocycles. The standard InChI is InChI=1S/C8H15NO3S/c1-8(2,13(3,11)12)7(10)9-5-4-6-9/h4-6H2,1-3H3. The van der Waals surface area contributed by atoms with Crippen LogP contribution < -0.4 is 0 Å². The molecule has 1 aliphatic heterocycles. The van der Waals surface area contributed by atoms with Gasteiger partial charge in [-0.05, 0) is 20.3 Å². The maximum atomic E-state index is 11.6. The second-order valence-corrected chi connectivity index (χ2v) is 6.49. The van der Waals surface area contributed by atoms with Crippen LogP contribution in [0.2, 0.25) is 0 Å². The van der Waals surface area contributed by atoms with Crippen molar-refractivity contribution in [3.8, 4) is 0 Å². The van der Waals surface area contributed by atoms with Crippen LogP contribution in [0.1, 0.15) is 20.3 Å². The summed E-state index contributed by atoms with van der Waals surface area (Å²) in [4.78, 5) is 13.2. The maximum Gasteiger partial charge on any atom is 0.243 e. The lowest BCUT2D eigenvalue weighted by atomic mass is 10.1. The summed E-state index contributed by atoms with van der Waals surface area (Å²) in [5.41, 5.74) is 0. The molecule has 4 nitrogen and oxygen atoms in total. The molecule has 0 aliphatic carbocycles. The third-order valence-corrected chi connectivity index (χ3v) is 4.61. The van der Waals surface area contributed by atoms with Crippen molar-refractivity contribution in [1.82, 2.24) is 4.90 Å². The minimum atomic E-state index is -3.31. The van der Waals surface area contributed by atoms with Gasteiger partial charge in [-0.15, -0.1) is 0 Å². The highest BCUT2D eigenvalue weighted by atomic mass is 32.2. The zero-order chi connectivity index (χ0) is 10.3. The molecule has 0 aromatic rings. The van der Waals surface area contributed by atoms with Crippen LogP contribution in [0.4, 0.5) is 0 Å². The normalized spacial score (nSPS) is 18.2. The van der Waals surface area contributed by atoms with Gasteiger partial charge in [-0.25, -0.2) is 8.42 Å². The van der Waals surface area contributed by atoms with E-state index in [0.29, 0.717) is 13.1 Å². The van der Waals surface area contributed by atoms with Gasteiger partial charge in [-0.3, -0.25) is 4.79 Å². The first-order valence-electron chi connectivity index (χ1n) is 4.26. The zero-order valence-electron chi connectivity index (χ0n) is 8.20. The topological polar surface area (TPSA) is 54.5 Å². The summed E-state index contributed by atoms with van der Waals surface area (Å²) in [6, 6.07) is 0. The van der Waals surface area contributed by atoms with Gasteiger partial charge in [-0.2, -0.15) is 0 Å². The van der Waals surface area contributed by atoms with Crippen LogP contribution in [0.3, 0.4) is 0 Å². The van der Waals surface area contributed by atoms with Crippen molar-refractivity contribution in [3.05, 3.63) is 0 Å². The molecule has 76 valence electrons. The van der Waals surface area contributed by atoms with Crippen molar-refractivity contribution in [1.29, 1.82) is 0 Å². The van der Waals surface area contributed by atoms with E-state index < -0.39 is 14.6 Å². The van der Waals surface area contributed by atoms with Crippen LogP contribution in [-0.2, 0) is 14.6 Å². The van der Waals surface area contributed by atoms with Crippen LogP contribution in [0.5, 0.6) is 0 Å². The Hall–Kier alpha value is -0.580. The van der Waals surface area contributed by atoms with Gasteiger partial charge in [0.25, 0.3) is 0 Å². The fraction of sp³-hybridized carbons (Fsp3) is 0.875. The Balaban J connectivity index is 2.86. The lowest BCUT2D eigenvalue weighted by molar-refractivity contribution is -0.136. The molecule has 1 amide bonds. The van der Waals surface area contributed by atoms with Gasteiger partial charge in [0.05, 0.1) is 0 Å². The number of amides is 1. The molecule has 1 saturated heterocycles. The quantitative estimate of drug-likeness (QED) is 0.639. The molecule has 13 heavy (non-hydrogen) atoms. The number of carbonyl (C=O) groups excluding carboxylic acids is 1. The summed E-state index contributed by atoms with van der Waals surface area (Å²) < 4.78 is 21.3. The highest BCUT2D eigenvalue weighted by Crippen LogP contribution is 2.21. The van der Waals surface area contributed by atoms with Crippen LogP contribution in [0, 0.1) is 0 Å². The molecule has 1 fully saturated rings. The first-order chi connectivity index (χ1) is 5.77. The highest BCUT2D eigenvalue weighted by Gasteiger charge is 2.42. The van der Waals surface area contributed by atoms with E-state index in [1.54, 1.807) is 4.90 Å². The lowest BCUT2D eigenvalue weighted by Crippen LogP contribution is -2.54. The van der Waals surface area contributed by atoms with Gasteiger partial charge in [0.1, 0.15) is 4.75 Å². The van der Waals surface area contributed by atoms with E-state index in [4.69, 9.17) is 0 Å². The monoisotopic (exact) mass is 205 g/mol. The van der Waals surface area contributed by atoms with Crippen LogP contribution in [0.15, 0.2) is 0 Å². The van der Waals surface area contributed by atoms with Gasteiger partial charge in [0, 0.05) is 19.3 Å². The Bertz CT molecular complexity index is 314. The predicted octanol–water partition coefficient (Wildman–Crippen LogP) is 0.0419. The van der Waals surface area contributed by atoms with E-state index in [0.717, 1.165) is 12.7 Å². The molecule has 0 bridgehead atoms. The van der Waals surface area contributed by atoms with Crippen molar-refractivity contribution in [2.24, 2.45) is 0 Å². The average Bonchev–Trinajstić information content (AvgIpc) is 1.80. The molecular formula is C8H15NO3S. The molecule has 0 atom stereocenters. The molecule has 0 spiro atoms. The minimum Gasteiger partial charge on any atom is -0.341 e. The number of carbonyl (C=O) groups is 1. The molecule has 1 rings (SSSR count). The van der Waals surface area contributed by atoms with E-state index in [9.17, 15) is 13.2 Å². The summed E-state index contributed by atoms with van der Waals surface area (Å²) >= 11 is 0. The average molecular weight is 205 g/mol. The Morgan fingerprint density at radius 1 is 1.31 bits per heavy atom. The fourth-order valence-corrected chi connectivity index (χ4v) is 1.50. The third-order valence-electron chi connectivity index (χ3n) is 2.59.